The summed E-state index contributed by atoms with van der Waals surface area (Å²) in [5.74, 6) is -4.31. The number of fused-ring (bicyclic) bond motifs is 1. The standard InChI is InChI=1S/C13H15N5O7/c1-3-25-11(22)4(7(19)12(23)24-2)5-9(20)16-8-6(15-5)10(21)18-13(14)17-8/h4,7,19H,3H2,1-2H3,(H4,14,16,17,18,20,21). The summed E-state index contributed by atoms with van der Waals surface area (Å²) in [6.07, 6.45) is -2.06. The number of H-pyrrole nitrogens is 2. The molecular weight excluding hydrogens is 338 g/mol. The van der Waals surface area contributed by atoms with Gasteiger partial charge in [0.25, 0.3) is 11.1 Å². The molecule has 2 unspecified atom stereocenters. The van der Waals surface area contributed by atoms with Gasteiger partial charge in [-0.25, -0.2) is 9.78 Å². The van der Waals surface area contributed by atoms with E-state index in [9.17, 15) is 24.3 Å². The zero-order valence-corrected chi connectivity index (χ0v) is 13.2. The van der Waals surface area contributed by atoms with E-state index < -0.39 is 40.8 Å². The summed E-state index contributed by atoms with van der Waals surface area (Å²) in [6, 6.07) is 0. The van der Waals surface area contributed by atoms with Gasteiger partial charge < -0.3 is 25.3 Å². The Morgan fingerprint density at radius 1 is 1.20 bits per heavy atom. The van der Waals surface area contributed by atoms with E-state index in [-0.39, 0.29) is 23.7 Å². The highest BCUT2D eigenvalue weighted by molar-refractivity contribution is 5.87. The first-order valence-electron chi connectivity index (χ1n) is 7.02. The summed E-state index contributed by atoms with van der Waals surface area (Å²) < 4.78 is 9.15. The van der Waals surface area contributed by atoms with Crippen molar-refractivity contribution in [1.82, 2.24) is 19.9 Å². The van der Waals surface area contributed by atoms with Crippen molar-refractivity contribution < 1.29 is 24.2 Å². The second-order valence-electron chi connectivity index (χ2n) is 4.80. The molecule has 2 aromatic rings. The second kappa shape index (κ2) is 7.09. The number of aliphatic hydroxyl groups excluding tert-OH is 1. The number of carbonyl (C=O) groups excluding carboxylic acids is 2. The lowest BCUT2D eigenvalue weighted by Gasteiger charge is -2.18. The van der Waals surface area contributed by atoms with E-state index in [0.29, 0.717) is 0 Å². The molecule has 2 atom stereocenters. The lowest BCUT2D eigenvalue weighted by Crippen LogP contribution is -2.39. The number of anilines is 1. The van der Waals surface area contributed by atoms with Gasteiger partial charge in [-0.2, -0.15) is 4.98 Å². The number of aromatic nitrogens is 4. The van der Waals surface area contributed by atoms with Gasteiger partial charge >= 0.3 is 11.9 Å². The van der Waals surface area contributed by atoms with Crippen molar-refractivity contribution in [3.05, 3.63) is 26.4 Å². The summed E-state index contributed by atoms with van der Waals surface area (Å²) in [5, 5.41) is 10.0. The largest absolute Gasteiger partial charge is 0.467 e. The van der Waals surface area contributed by atoms with Crippen LogP contribution in [0.15, 0.2) is 9.59 Å². The molecule has 134 valence electrons. The van der Waals surface area contributed by atoms with Crippen LogP contribution in [0, 0.1) is 0 Å². The minimum atomic E-state index is -2.06. The Morgan fingerprint density at radius 3 is 2.48 bits per heavy atom. The fourth-order valence-corrected chi connectivity index (χ4v) is 2.11. The van der Waals surface area contributed by atoms with E-state index in [1.54, 1.807) is 0 Å². The van der Waals surface area contributed by atoms with Gasteiger partial charge in [-0.15, -0.1) is 0 Å². The van der Waals surface area contributed by atoms with Crippen LogP contribution in [0.2, 0.25) is 0 Å². The number of nitrogen functional groups attached to an aromatic ring is 1. The minimum absolute atomic E-state index is 0.0760. The average Bonchev–Trinajstić information content (AvgIpc) is 2.55. The van der Waals surface area contributed by atoms with Gasteiger partial charge in [0.15, 0.2) is 17.3 Å². The van der Waals surface area contributed by atoms with Gasteiger partial charge in [0.1, 0.15) is 11.6 Å². The summed E-state index contributed by atoms with van der Waals surface area (Å²) in [4.78, 5) is 59.8. The van der Waals surface area contributed by atoms with Crippen LogP contribution in [0.5, 0.6) is 0 Å². The molecule has 0 aliphatic heterocycles. The van der Waals surface area contributed by atoms with Gasteiger partial charge in [0, 0.05) is 0 Å². The first-order chi connectivity index (χ1) is 11.8. The van der Waals surface area contributed by atoms with E-state index in [2.05, 4.69) is 24.7 Å². The summed E-state index contributed by atoms with van der Waals surface area (Å²) in [7, 11) is 0.989. The zero-order valence-electron chi connectivity index (χ0n) is 13.2. The third-order valence-corrected chi connectivity index (χ3v) is 3.20. The van der Waals surface area contributed by atoms with E-state index in [1.165, 1.54) is 6.92 Å². The van der Waals surface area contributed by atoms with Crippen molar-refractivity contribution >= 4 is 29.1 Å². The predicted molar refractivity (Wildman–Crippen MR) is 82.6 cm³/mol. The molecule has 0 aliphatic carbocycles. The first kappa shape index (κ1) is 18.1. The molecule has 0 spiro atoms. The van der Waals surface area contributed by atoms with Gasteiger partial charge in [-0.05, 0) is 6.92 Å². The lowest BCUT2D eigenvalue weighted by atomic mass is 9.98. The Morgan fingerprint density at radius 2 is 1.88 bits per heavy atom. The number of methoxy groups -OCH3 is 1. The Labute approximate surface area is 139 Å². The molecule has 25 heavy (non-hydrogen) atoms. The van der Waals surface area contributed by atoms with Gasteiger partial charge in [0.2, 0.25) is 5.95 Å². The highest BCUT2D eigenvalue weighted by atomic mass is 16.5. The number of nitrogens with one attached hydrogen (secondary N) is 2. The third kappa shape index (κ3) is 3.47. The van der Waals surface area contributed by atoms with Gasteiger partial charge in [-0.1, -0.05) is 0 Å². The molecule has 0 saturated heterocycles. The minimum Gasteiger partial charge on any atom is -0.467 e. The SMILES string of the molecule is CCOC(=O)C(c1nc2c(=O)[nH]c(N)nc2[nH]c1=O)C(O)C(=O)OC. The Kier molecular flexibility index (Phi) is 5.12. The maximum absolute atomic E-state index is 12.2. The van der Waals surface area contributed by atoms with Crippen LogP contribution in [0.3, 0.4) is 0 Å². The Hall–Kier alpha value is -3.28. The molecular formula is C13H15N5O7. The molecule has 0 saturated carbocycles. The number of aromatic amines is 2. The quantitative estimate of drug-likeness (QED) is 0.428. The van der Waals surface area contributed by atoms with E-state index in [0.717, 1.165) is 7.11 Å². The maximum Gasteiger partial charge on any atom is 0.336 e. The Bertz CT molecular complexity index is 934. The topological polar surface area (TPSA) is 190 Å². The molecule has 12 heteroatoms. The molecule has 5 N–H and O–H groups in total. The number of esters is 2. The summed E-state index contributed by atoms with van der Waals surface area (Å²) >= 11 is 0. The number of nitrogens with zero attached hydrogens (tertiary/aromatic N) is 2. The van der Waals surface area contributed by atoms with Gasteiger partial charge in [0.05, 0.1) is 13.7 Å². The van der Waals surface area contributed by atoms with Gasteiger partial charge in [-0.3, -0.25) is 19.4 Å². The number of hydrogen-bond acceptors (Lipinski definition) is 10. The molecule has 0 fully saturated rings. The number of ether oxygens (including phenoxy) is 2. The van der Waals surface area contributed by atoms with Crippen molar-refractivity contribution in [2.45, 2.75) is 18.9 Å². The molecule has 0 amide bonds. The number of carbonyl (C=O) groups is 2. The van der Waals surface area contributed by atoms with Crippen molar-refractivity contribution in [2.24, 2.45) is 0 Å². The van der Waals surface area contributed by atoms with E-state index >= 15 is 0 Å². The summed E-state index contributed by atoms with van der Waals surface area (Å²) in [6.45, 7) is 1.42. The molecule has 0 aromatic carbocycles. The van der Waals surface area contributed by atoms with Crippen LogP contribution in [0.4, 0.5) is 5.95 Å². The zero-order chi connectivity index (χ0) is 18.7. The van der Waals surface area contributed by atoms with Crippen LogP contribution in [-0.4, -0.2) is 56.8 Å². The summed E-state index contributed by atoms with van der Waals surface area (Å²) in [5.41, 5.74) is 2.49. The molecule has 2 aromatic heterocycles. The van der Waals surface area contributed by atoms with Crippen LogP contribution in [-0.2, 0) is 19.1 Å². The van der Waals surface area contributed by atoms with E-state index in [1.807, 2.05) is 0 Å². The monoisotopic (exact) mass is 353 g/mol. The molecule has 0 bridgehead atoms. The first-order valence-corrected chi connectivity index (χ1v) is 7.02. The lowest BCUT2D eigenvalue weighted by molar-refractivity contribution is -0.160. The van der Waals surface area contributed by atoms with Crippen molar-refractivity contribution in [1.29, 1.82) is 0 Å². The maximum atomic E-state index is 12.2. The van der Waals surface area contributed by atoms with Crippen molar-refractivity contribution in [3.63, 3.8) is 0 Å². The predicted octanol–water partition coefficient (Wildman–Crippen LogP) is -2.23. The number of rotatable bonds is 5. The smallest absolute Gasteiger partial charge is 0.336 e. The molecule has 2 rings (SSSR count). The van der Waals surface area contributed by atoms with Crippen molar-refractivity contribution in [2.75, 3.05) is 19.5 Å². The molecule has 12 nitrogen and oxygen atoms in total. The third-order valence-electron chi connectivity index (χ3n) is 3.20. The fraction of sp³-hybridized carbons (Fsp3) is 0.385. The highest BCUT2D eigenvalue weighted by Crippen LogP contribution is 2.19. The van der Waals surface area contributed by atoms with Crippen LogP contribution in [0.25, 0.3) is 11.2 Å². The normalized spacial score (nSPS) is 13.2. The second-order valence-corrected chi connectivity index (χ2v) is 4.80. The highest BCUT2D eigenvalue weighted by Gasteiger charge is 2.39. The number of nitrogens with two attached hydrogens (primary N) is 1. The number of aliphatic hydroxyl groups is 1. The van der Waals surface area contributed by atoms with Crippen LogP contribution in [0.1, 0.15) is 18.5 Å². The molecule has 2 heterocycles. The van der Waals surface area contributed by atoms with Crippen LogP contribution >= 0.6 is 0 Å². The van der Waals surface area contributed by atoms with Crippen LogP contribution < -0.4 is 16.9 Å². The molecule has 0 aliphatic rings. The number of hydrogen-bond donors (Lipinski definition) is 4. The fourth-order valence-electron chi connectivity index (χ4n) is 2.11. The average molecular weight is 353 g/mol. The van der Waals surface area contributed by atoms with Crippen molar-refractivity contribution in [3.8, 4) is 0 Å². The molecule has 0 radical (unpaired) electrons. The Balaban J connectivity index is 2.70. The van der Waals surface area contributed by atoms with E-state index in [4.69, 9.17) is 10.5 Å².